The SMILES string of the molecule is CN(C)c1ccc(C(=O)N2C[C@@H](O)C[C@H]2C(=O)O)cn1. The average molecular weight is 279 g/mol. The molecular weight excluding hydrogens is 262 g/mol. The normalized spacial score (nSPS) is 21.9. The van der Waals surface area contributed by atoms with Gasteiger partial charge in [-0.15, -0.1) is 0 Å². The lowest BCUT2D eigenvalue weighted by molar-refractivity contribution is -0.141. The molecule has 20 heavy (non-hydrogen) atoms. The van der Waals surface area contributed by atoms with Crippen molar-refractivity contribution in [1.29, 1.82) is 0 Å². The minimum absolute atomic E-state index is 0.0330. The van der Waals surface area contributed by atoms with Crippen molar-refractivity contribution in [2.24, 2.45) is 0 Å². The number of nitrogens with zero attached hydrogens (tertiary/aromatic N) is 3. The first-order valence-corrected chi connectivity index (χ1v) is 6.25. The fourth-order valence-electron chi connectivity index (χ4n) is 2.22. The van der Waals surface area contributed by atoms with Crippen molar-refractivity contribution in [1.82, 2.24) is 9.88 Å². The van der Waals surface area contributed by atoms with Gasteiger partial charge in [0.2, 0.25) is 0 Å². The Hall–Kier alpha value is -2.15. The maximum atomic E-state index is 12.3. The molecule has 0 radical (unpaired) electrons. The molecule has 7 heteroatoms. The number of likely N-dealkylation sites (tertiary alicyclic amines) is 1. The number of amides is 1. The highest BCUT2D eigenvalue weighted by molar-refractivity contribution is 5.97. The summed E-state index contributed by atoms with van der Waals surface area (Å²) in [6.45, 7) is 0.0330. The molecule has 0 bridgehead atoms. The molecule has 1 aliphatic rings. The number of aromatic nitrogens is 1. The van der Waals surface area contributed by atoms with Crippen molar-refractivity contribution in [3.05, 3.63) is 23.9 Å². The number of carbonyl (C=O) groups is 2. The van der Waals surface area contributed by atoms with Crippen LogP contribution < -0.4 is 4.90 Å². The second kappa shape index (κ2) is 5.46. The lowest BCUT2D eigenvalue weighted by Crippen LogP contribution is -2.40. The minimum atomic E-state index is -1.10. The number of anilines is 1. The Morgan fingerprint density at radius 3 is 2.60 bits per heavy atom. The summed E-state index contributed by atoms with van der Waals surface area (Å²) in [4.78, 5) is 30.5. The molecule has 2 N–H and O–H groups in total. The molecule has 0 aliphatic carbocycles. The molecule has 0 unspecified atom stereocenters. The van der Waals surface area contributed by atoms with Crippen LogP contribution in [0.4, 0.5) is 5.82 Å². The number of hydrogen-bond acceptors (Lipinski definition) is 5. The van der Waals surface area contributed by atoms with Gasteiger partial charge < -0.3 is 20.0 Å². The maximum Gasteiger partial charge on any atom is 0.326 e. The predicted octanol–water partition coefficient (Wildman–Crippen LogP) is -0.192. The zero-order valence-electron chi connectivity index (χ0n) is 11.4. The topological polar surface area (TPSA) is 94.0 Å². The third-order valence-corrected chi connectivity index (χ3v) is 3.28. The van der Waals surface area contributed by atoms with E-state index in [1.807, 2.05) is 14.1 Å². The zero-order chi connectivity index (χ0) is 14.9. The third kappa shape index (κ3) is 2.72. The maximum absolute atomic E-state index is 12.3. The van der Waals surface area contributed by atoms with Crippen LogP contribution in [0, 0.1) is 0 Å². The zero-order valence-corrected chi connectivity index (χ0v) is 11.4. The van der Waals surface area contributed by atoms with Gasteiger partial charge in [-0.25, -0.2) is 9.78 Å². The number of carbonyl (C=O) groups excluding carboxylic acids is 1. The quantitative estimate of drug-likeness (QED) is 0.796. The van der Waals surface area contributed by atoms with Gasteiger partial charge >= 0.3 is 5.97 Å². The molecule has 7 nitrogen and oxygen atoms in total. The molecule has 1 aliphatic heterocycles. The molecule has 108 valence electrons. The number of carboxylic acids is 1. The van der Waals surface area contributed by atoms with Gasteiger partial charge in [-0.05, 0) is 12.1 Å². The molecular formula is C13H17N3O4. The summed E-state index contributed by atoms with van der Waals surface area (Å²) in [7, 11) is 3.67. The molecule has 2 atom stereocenters. The summed E-state index contributed by atoms with van der Waals surface area (Å²) in [5, 5.41) is 18.6. The molecule has 1 fully saturated rings. The highest BCUT2D eigenvalue weighted by Gasteiger charge is 2.39. The van der Waals surface area contributed by atoms with Gasteiger partial charge in [0.15, 0.2) is 0 Å². The van der Waals surface area contributed by atoms with E-state index in [4.69, 9.17) is 5.11 Å². The van der Waals surface area contributed by atoms with Crippen LogP contribution >= 0.6 is 0 Å². The van der Waals surface area contributed by atoms with Crippen LogP contribution in [-0.2, 0) is 4.79 Å². The highest BCUT2D eigenvalue weighted by atomic mass is 16.4. The summed E-state index contributed by atoms with van der Waals surface area (Å²) < 4.78 is 0. The number of rotatable bonds is 3. The fraction of sp³-hybridized carbons (Fsp3) is 0.462. The molecule has 0 saturated carbocycles. The summed E-state index contributed by atoms with van der Waals surface area (Å²) in [5.41, 5.74) is 0.316. The third-order valence-electron chi connectivity index (χ3n) is 3.28. The van der Waals surface area contributed by atoms with Crippen LogP contribution in [0.15, 0.2) is 18.3 Å². The Morgan fingerprint density at radius 2 is 2.10 bits per heavy atom. The van der Waals surface area contributed by atoms with Crippen molar-refractivity contribution in [3.8, 4) is 0 Å². The van der Waals surface area contributed by atoms with Crippen LogP contribution in [0.5, 0.6) is 0 Å². The van der Waals surface area contributed by atoms with E-state index < -0.39 is 24.0 Å². The minimum Gasteiger partial charge on any atom is -0.480 e. The average Bonchev–Trinajstić information content (AvgIpc) is 2.80. The van der Waals surface area contributed by atoms with Gasteiger partial charge in [-0.3, -0.25) is 4.79 Å². The molecule has 1 aromatic rings. The van der Waals surface area contributed by atoms with Gasteiger partial charge in [0, 0.05) is 33.3 Å². The number of β-amino-alcohol motifs (C(OH)–C–C–N with tert-alkyl or cyclic N) is 1. The molecule has 1 amide bonds. The van der Waals surface area contributed by atoms with Gasteiger partial charge in [0.1, 0.15) is 11.9 Å². The van der Waals surface area contributed by atoms with Crippen molar-refractivity contribution in [2.45, 2.75) is 18.6 Å². The van der Waals surface area contributed by atoms with E-state index in [2.05, 4.69) is 4.98 Å². The molecule has 1 saturated heterocycles. The Labute approximate surface area is 116 Å². The largest absolute Gasteiger partial charge is 0.480 e. The van der Waals surface area contributed by atoms with E-state index >= 15 is 0 Å². The lowest BCUT2D eigenvalue weighted by atomic mass is 10.2. The van der Waals surface area contributed by atoms with Gasteiger partial charge in [-0.1, -0.05) is 0 Å². The fourth-order valence-corrected chi connectivity index (χ4v) is 2.22. The first-order chi connectivity index (χ1) is 9.40. The number of carboxylic acid groups (broad SMARTS) is 1. The Balaban J connectivity index is 2.20. The van der Waals surface area contributed by atoms with E-state index in [-0.39, 0.29) is 13.0 Å². The number of pyridine rings is 1. The molecule has 2 rings (SSSR count). The Bertz CT molecular complexity index is 515. The van der Waals surface area contributed by atoms with E-state index in [1.54, 1.807) is 17.0 Å². The highest BCUT2D eigenvalue weighted by Crippen LogP contribution is 2.21. The predicted molar refractivity (Wildman–Crippen MR) is 71.6 cm³/mol. The number of aliphatic carboxylic acids is 1. The van der Waals surface area contributed by atoms with Gasteiger partial charge in [0.05, 0.1) is 11.7 Å². The second-order valence-electron chi connectivity index (χ2n) is 5.00. The van der Waals surface area contributed by atoms with E-state index in [9.17, 15) is 14.7 Å². The van der Waals surface area contributed by atoms with E-state index in [1.165, 1.54) is 11.1 Å². The Kier molecular flexibility index (Phi) is 3.89. The van der Waals surface area contributed by atoms with Crippen molar-refractivity contribution in [2.75, 3.05) is 25.5 Å². The van der Waals surface area contributed by atoms with Gasteiger partial charge in [-0.2, -0.15) is 0 Å². The van der Waals surface area contributed by atoms with Crippen LogP contribution in [0.3, 0.4) is 0 Å². The monoisotopic (exact) mass is 279 g/mol. The molecule has 2 heterocycles. The lowest BCUT2D eigenvalue weighted by Gasteiger charge is -2.21. The second-order valence-corrected chi connectivity index (χ2v) is 5.00. The summed E-state index contributed by atoms with van der Waals surface area (Å²) in [5.74, 6) is -0.822. The van der Waals surface area contributed by atoms with Crippen LogP contribution in [-0.4, -0.2) is 64.8 Å². The van der Waals surface area contributed by atoms with Crippen LogP contribution in [0.25, 0.3) is 0 Å². The van der Waals surface area contributed by atoms with Crippen LogP contribution in [0.1, 0.15) is 16.8 Å². The van der Waals surface area contributed by atoms with Crippen molar-refractivity contribution >= 4 is 17.7 Å². The Morgan fingerprint density at radius 1 is 1.40 bits per heavy atom. The van der Waals surface area contributed by atoms with E-state index in [0.29, 0.717) is 11.4 Å². The number of aliphatic hydroxyl groups excluding tert-OH is 1. The molecule has 1 aromatic heterocycles. The van der Waals surface area contributed by atoms with Gasteiger partial charge in [0.25, 0.3) is 5.91 Å². The number of aliphatic hydroxyl groups is 1. The molecule has 0 aromatic carbocycles. The first-order valence-electron chi connectivity index (χ1n) is 6.25. The standard InChI is InChI=1S/C13H17N3O4/c1-15(2)11-4-3-8(6-14-11)12(18)16-7-9(17)5-10(16)13(19)20/h3-4,6,9-10,17H,5,7H2,1-2H3,(H,19,20)/t9-,10-/m0/s1. The van der Waals surface area contributed by atoms with E-state index in [0.717, 1.165) is 0 Å². The molecule has 0 spiro atoms. The van der Waals surface area contributed by atoms with Crippen molar-refractivity contribution < 1.29 is 19.8 Å². The summed E-state index contributed by atoms with van der Waals surface area (Å²) in [6, 6.07) is 2.31. The first kappa shape index (κ1) is 14.3. The summed E-state index contributed by atoms with van der Waals surface area (Å²) >= 11 is 0. The number of hydrogen-bond donors (Lipinski definition) is 2. The van der Waals surface area contributed by atoms with Crippen LogP contribution in [0.2, 0.25) is 0 Å². The smallest absolute Gasteiger partial charge is 0.326 e. The van der Waals surface area contributed by atoms with Crippen molar-refractivity contribution in [3.63, 3.8) is 0 Å². The summed E-state index contributed by atoms with van der Waals surface area (Å²) in [6.07, 6.45) is 0.681.